The highest BCUT2D eigenvalue weighted by Crippen LogP contribution is 2.50. The van der Waals surface area contributed by atoms with Crippen LogP contribution in [-0.4, -0.2) is 16.1 Å². The van der Waals surface area contributed by atoms with Gasteiger partial charge in [-0.05, 0) is 168 Å². The molecule has 4 heterocycles. The summed E-state index contributed by atoms with van der Waals surface area (Å²) in [7, 11) is -3.76. The first-order valence-electron chi connectivity index (χ1n) is 26.3. The van der Waals surface area contributed by atoms with Crippen molar-refractivity contribution < 1.29 is 0 Å². The molecule has 0 nitrogen and oxygen atoms in total. The van der Waals surface area contributed by atoms with E-state index in [1.165, 1.54) is 113 Å². The van der Waals surface area contributed by atoms with E-state index in [-0.39, 0.29) is 5.41 Å². The third kappa shape index (κ3) is 6.56. The molecule has 346 valence electrons. The molecule has 4 aliphatic heterocycles. The predicted octanol–water partition coefficient (Wildman–Crippen LogP) is 14.5. The minimum absolute atomic E-state index is 0.109. The summed E-state index contributed by atoms with van der Waals surface area (Å²) in [5.74, 6) is 0. The summed E-state index contributed by atoms with van der Waals surface area (Å²) in [5, 5.41) is 6.48. The summed E-state index contributed by atoms with van der Waals surface area (Å²) in [6.07, 6.45) is 9.08. The lowest BCUT2D eigenvalue weighted by Crippen LogP contribution is -2.57. The molecule has 1 aliphatic carbocycles. The maximum atomic E-state index is 2.49. The van der Waals surface area contributed by atoms with Crippen molar-refractivity contribution in [2.75, 3.05) is 0 Å². The van der Waals surface area contributed by atoms with Crippen LogP contribution in [0, 0.1) is 0 Å². The number of hydrogen-bond acceptors (Lipinski definition) is 0. The Hall–Kier alpha value is -7.89. The van der Waals surface area contributed by atoms with Gasteiger partial charge in [0.15, 0.2) is 0 Å². The van der Waals surface area contributed by atoms with Crippen molar-refractivity contribution in [1.29, 1.82) is 0 Å². The third-order valence-electron chi connectivity index (χ3n) is 17.9. The zero-order valence-corrected chi connectivity index (χ0v) is 43.4. The molecular weight excluding hydrogens is 909 g/mol. The number of hydrogen-bond donors (Lipinski definition) is 0. The normalized spacial score (nSPS) is 16.1. The molecule has 0 fully saturated rings. The fourth-order valence-electron chi connectivity index (χ4n) is 14.2. The average molecular weight is 963 g/mol. The van der Waals surface area contributed by atoms with Crippen molar-refractivity contribution in [3.8, 4) is 55.6 Å². The van der Waals surface area contributed by atoms with Crippen molar-refractivity contribution in [1.82, 2.24) is 0 Å². The monoisotopic (exact) mass is 962 g/mol. The van der Waals surface area contributed by atoms with Crippen molar-refractivity contribution >= 4 is 61.2 Å². The zero-order valence-electron chi connectivity index (χ0n) is 41.4. The number of benzene rings is 10. The largest absolute Gasteiger partial charge is 0.128 e. The third-order valence-corrected chi connectivity index (χ3v) is 27.7. The van der Waals surface area contributed by atoms with Gasteiger partial charge in [-0.2, -0.15) is 0 Å². The summed E-state index contributed by atoms with van der Waals surface area (Å²) in [6.45, 7) is 4.77. The number of rotatable bonds is 6. The first-order chi connectivity index (χ1) is 35.8. The second-order valence-corrected chi connectivity index (χ2v) is 30.1. The minimum Gasteiger partial charge on any atom is -0.0623 e. The van der Waals surface area contributed by atoms with E-state index in [4.69, 9.17) is 0 Å². The molecule has 0 unspecified atom stereocenters. The smallest absolute Gasteiger partial charge is 0.0623 e. The van der Waals surface area contributed by atoms with Crippen molar-refractivity contribution in [3.05, 3.63) is 274 Å². The summed E-state index contributed by atoms with van der Waals surface area (Å²) < 4.78 is 0. The molecule has 2 heteroatoms. The van der Waals surface area contributed by atoms with Crippen molar-refractivity contribution in [2.24, 2.45) is 0 Å². The van der Waals surface area contributed by atoms with E-state index >= 15 is 0 Å². The van der Waals surface area contributed by atoms with Gasteiger partial charge in [0.05, 0.1) is 0 Å². The van der Waals surface area contributed by atoms with Gasteiger partial charge in [0.2, 0.25) is 0 Å². The molecule has 0 atom stereocenters. The summed E-state index contributed by atoms with van der Waals surface area (Å²) in [5.41, 5.74) is 27.4. The van der Waals surface area contributed by atoms with Crippen LogP contribution in [0.5, 0.6) is 0 Å². The molecule has 0 amide bonds. The molecule has 0 N–H and O–H groups in total. The van der Waals surface area contributed by atoms with E-state index in [0.29, 0.717) is 0 Å². The molecule has 0 saturated carbocycles. The van der Waals surface area contributed by atoms with Crippen LogP contribution in [0.3, 0.4) is 0 Å². The van der Waals surface area contributed by atoms with Gasteiger partial charge < -0.3 is 0 Å². The standard InChI is InChI=1S/C71H54Si2/c1-71(2)65-39-49(21-19-47-23-29-51(30-24-47)53-33-37-69-63(41-53)61-15-7-9-17-67(61)72(69)43-55-11-3-4-12-56(55)44-72)27-35-59(65)60-36-28-50(40-66(60)71)22-20-48-25-31-52(32-26-48)54-34-38-70-64(42-54)62-16-8-10-18-68(62)73(70)45-57-13-5-6-14-58(57)46-73/h3-42H,43-46H2,1-2H3/b21-19+,22-20+. The molecule has 0 saturated heterocycles. The molecule has 0 radical (unpaired) electrons. The van der Waals surface area contributed by atoms with Gasteiger partial charge in [-0.3, -0.25) is 0 Å². The highest BCUT2D eigenvalue weighted by atomic mass is 28.3. The van der Waals surface area contributed by atoms with Gasteiger partial charge >= 0.3 is 0 Å². The van der Waals surface area contributed by atoms with Crippen LogP contribution in [0.25, 0.3) is 79.9 Å². The van der Waals surface area contributed by atoms with Crippen molar-refractivity contribution in [3.63, 3.8) is 0 Å². The Balaban J connectivity index is 0.637. The van der Waals surface area contributed by atoms with Crippen molar-refractivity contribution in [2.45, 2.75) is 43.4 Å². The molecule has 0 aromatic heterocycles. The fraction of sp³-hybridized carbons (Fsp3) is 0.0986. The summed E-state index contributed by atoms with van der Waals surface area (Å²) >= 11 is 0. The van der Waals surface area contributed by atoms with Gasteiger partial charge in [0.1, 0.15) is 16.1 Å². The van der Waals surface area contributed by atoms with Crippen LogP contribution >= 0.6 is 0 Å². The second kappa shape index (κ2) is 16.1. The summed E-state index contributed by atoms with van der Waals surface area (Å²) in [6, 6.07) is 88.7. The quantitative estimate of drug-likeness (QED) is 0.115. The van der Waals surface area contributed by atoms with E-state index in [9.17, 15) is 0 Å². The van der Waals surface area contributed by atoms with E-state index in [2.05, 4.69) is 257 Å². The zero-order chi connectivity index (χ0) is 48.5. The Bertz CT molecular complexity index is 3690. The van der Waals surface area contributed by atoms with Gasteiger partial charge in [-0.25, -0.2) is 0 Å². The topological polar surface area (TPSA) is 0 Å². The molecule has 73 heavy (non-hydrogen) atoms. The number of fused-ring (bicyclic) bond motifs is 15. The Labute approximate surface area is 431 Å². The highest BCUT2D eigenvalue weighted by Gasteiger charge is 2.50. The van der Waals surface area contributed by atoms with E-state index in [1.807, 2.05) is 0 Å². The first-order valence-corrected chi connectivity index (χ1v) is 31.1. The Morgan fingerprint density at radius 2 is 0.616 bits per heavy atom. The lowest BCUT2D eigenvalue weighted by Gasteiger charge is -2.24. The van der Waals surface area contributed by atoms with Crippen LogP contribution < -0.4 is 20.7 Å². The molecule has 2 spiro atoms. The van der Waals surface area contributed by atoms with Crippen LogP contribution in [0.4, 0.5) is 0 Å². The second-order valence-electron chi connectivity index (χ2n) is 22.2. The molecule has 10 aromatic rings. The first kappa shape index (κ1) is 42.8. The summed E-state index contributed by atoms with van der Waals surface area (Å²) in [4.78, 5) is 0. The molecule has 15 rings (SSSR count). The SMILES string of the molecule is CC1(C)c2cc(/C=C/c3ccc(-c4ccc5c(c4)-c4ccccc4[Si]54Cc5ccccc5C4)cc3)ccc2-c2ccc(/C=C/c3ccc(-c4ccc5c(c4)-c4ccccc4[Si]54Cc5ccccc5C4)cc3)cc21. The van der Waals surface area contributed by atoms with E-state index in [1.54, 1.807) is 43.0 Å². The van der Waals surface area contributed by atoms with Gasteiger partial charge in [0, 0.05) is 5.41 Å². The Kier molecular flexibility index (Phi) is 9.41. The molecule has 5 aliphatic rings. The van der Waals surface area contributed by atoms with Crippen LogP contribution in [0.2, 0.25) is 0 Å². The minimum atomic E-state index is -1.88. The van der Waals surface area contributed by atoms with E-state index in [0.717, 1.165) is 0 Å². The highest BCUT2D eigenvalue weighted by molar-refractivity contribution is 7.06. The van der Waals surface area contributed by atoms with Gasteiger partial charge in [-0.15, -0.1) is 0 Å². The average Bonchev–Trinajstić information content (AvgIpc) is 4.22. The Morgan fingerprint density at radius 1 is 0.288 bits per heavy atom. The predicted molar refractivity (Wildman–Crippen MR) is 314 cm³/mol. The maximum Gasteiger partial charge on any atom is 0.128 e. The lowest BCUT2D eigenvalue weighted by molar-refractivity contribution is 0.660. The van der Waals surface area contributed by atoms with Crippen LogP contribution in [0.15, 0.2) is 218 Å². The molecule has 10 aromatic carbocycles. The molecular formula is C71H54Si2. The Morgan fingerprint density at radius 3 is 1.03 bits per heavy atom. The molecule has 0 bridgehead atoms. The van der Waals surface area contributed by atoms with Gasteiger partial charge in [0.25, 0.3) is 0 Å². The van der Waals surface area contributed by atoms with Gasteiger partial charge in [-0.1, -0.05) is 244 Å². The van der Waals surface area contributed by atoms with Crippen LogP contribution in [-0.2, 0) is 29.6 Å². The fourth-order valence-corrected chi connectivity index (χ4v) is 25.1. The van der Waals surface area contributed by atoms with E-state index < -0.39 is 16.1 Å². The lowest BCUT2D eigenvalue weighted by atomic mass is 9.81. The van der Waals surface area contributed by atoms with Crippen LogP contribution in [0.1, 0.15) is 69.5 Å². The maximum absolute atomic E-state index is 2.49.